The third kappa shape index (κ3) is 4.96. The molecule has 0 aliphatic heterocycles. The first-order chi connectivity index (χ1) is 9.78. The Labute approximate surface area is 119 Å². The van der Waals surface area contributed by atoms with E-state index < -0.39 is 0 Å². The van der Waals surface area contributed by atoms with Crippen LogP contribution in [0.3, 0.4) is 0 Å². The summed E-state index contributed by atoms with van der Waals surface area (Å²) in [5.74, 6) is 0. The highest BCUT2D eigenvalue weighted by molar-refractivity contribution is 5.69. The first kappa shape index (κ1) is 15.5. The Hall–Kier alpha value is -2.58. The Morgan fingerprint density at radius 1 is 1.00 bits per heavy atom. The van der Waals surface area contributed by atoms with Gasteiger partial charge in [0.25, 0.3) is 0 Å². The number of rotatable bonds is 3. The highest BCUT2D eigenvalue weighted by atomic mass is 15.1. The lowest BCUT2D eigenvalue weighted by molar-refractivity contribution is -0.671. The van der Waals surface area contributed by atoms with Crippen LogP contribution < -0.4 is 4.57 Å². The van der Waals surface area contributed by atoms with E-state index in [4.69, 9.17) is 5.53 Å². The summed E-state index contributed by atoms with van der Waals surface area (Å²) in [6, 6.07) is 11.5. The van der Waals surface area contributed by atoms with Crippen LogP contribution in [-0.4, -0.2) is 0 Å². The molecular weight excluding hydrogens is 248 g/mol. The molecule has 0 amide bonds. The molecule has 1 aromatic carbocycles. The Kier molecular flexibility index (Phi) is 6.59. The van der Waals surface area contributed by atoms with Crippen molar-refractivity contribution < 1.29 is 4.57 Å². The van der Waals surface area contributed by atoms with E-state index in [-0.39, 0.29) is 0 Å². The van der Waals surface area contributed by atoms with Crippen LogP contribution in [0.15, 0.2) is 53.9 Å². The molecule has 0 N–H and O–H groups in total. The van der Waals surface area contributed by atoms with Gasteiger partial charge in [0, 0.05) is 22.7 Å². The zero-order valence-corrected chi connectivity index (χ0v) is 11.8. The van der Waals surface area contributed by atoms with Crippen molar-refractivity contribution in [2.24, 2.45) is 12.2 Å². The maximum Gasteiger partial charge on any atom is 0.169 e. The molecule has 102 valence electrons. The van der Waals surface area contributed by atoms with Crippen molar-refractivity contribution >= 4 is 17.8 Å². The van der Waals surface area contributed by atoms with Crippen LogP contribution in [0.4, 0.5) is 5.69 Å². The van der Waals surface area contributed by atoms with E-state index in [9.17, 15) is 0 Å². The molecule has 0 radical (unpaired) electrons. The molecule has 1 aromatic heterocycles. The highest BCUT2D eigenvalue weighted by Crippen LogP contribution is 2.14. The standard InChI is InChI=1S/C14H13N4.C2H5/c1-18-10-8-13(9-11-18)3-2-12-4-6-14(7-5-12)16-17-15;1-2/h2-11H,1H3;1H2,2H3/q+1;-1/b3-2+;. The van der Waals surface area contributed by atoms with Crippen molar-refractivity contribution in [3.05, 3.63) is 77.3 Å². The first-order valence-electron chi connectivity index (χ1n) is 6.27. The summed E-state index contributed by atoms with van der Waals surface area (Å²) in [4.78, 5) is 2.74. The minimum Gasteiger partial charge on any atom is -0.346 e. The van der Waals surface area contributed by atoms with Crippen LogP contribution in [0.2, 0.25) is 0 Å². The molecule has 0 fully saturated rings. The number of azide groups is 1. The molecule has 0 atom stereocenters. The molecule has 1 heterocycles. The molecule has 0 saturated carbocycles. The van der Waals surface area contributed by atoms with E-state index in [1.165, 1.54) is 0 Å². The van der Waals surface area contributed by atoms with Crippen LogP contribution in [0.5, 0.6) is 0 Å². The van der Waals surface area contributed by atoms with Gasteiger partial charge in [0.2, 0.25) is 0 Å². The monoisotopic (exact) mass is 266 g/mol. The Balaban J connectivity index is 0.000000956. The summed E-state index contributed by atoms with van der Waals surface area (Å²) in [6.07, 6.45) is 8.08. The third-order valence-electron chi connectivity index (χ3n) is 2.53. The van der Waals surface area contributed by atoms with Gasteiger partial charge in [-0.3, -0.25) is 0 Å². The summed E-state index contributed by atoms with van der Waals surface area (Å²) >= 11 is 0. The second-order valence-electron chi connectivity index (χ2n) is 3.91. The second-order valence-corrected chi connectivity index (χ2v) is 3.91. The summed E-state index contributed by atoms with van der Waals surface area (Å²) in [6.45, 7) is 5.00. The van der Waals surface area contributed by atoms with Crippen molar-refractivity contribution in [3.8, 4) is 0 Å². The SMILES string of the molecule is C[n+]1ccc(/C=C/c2ccc(N=[N+]=[N-])cc2)cc1.[CH2-]C. The zero-order chi connectivity index (χ0) is 14.8. The molecule has 0 bridgehead atoms. The third-order valence-corrected chi connectivity index (χ3v) is 2.53. The van der Waals surface area contributed by atoms with Crippen molar-refractivity contribution in [1.82, 2.24) is 0 Å². The van der Waals surface area contributed by atoms with E-state index >= 15 is 0 Å². The fourth-order valence-electron chi connectivity index (χ4n) is 1.52. The van der Waals surface area contributed by atoms with Crippen molar-refractivity contribution in [2.75, 3.05) is 0 Å². The largest absolute Gasteiger partial charge is 0.346 e. The van der Waals surface area contributed by atoms with Gasteiger partial charge in [0.05, 0.1) is 0 Å². The quantitative estimate of drug-likeness (QED) is 0.259. The lowest BCUT2D eigenvalue weighted by atomic mass is 10.1. The van der Waals surface area contributed by atoms with Gasteiger partial charge in [-0.25, -0.2) is 4.57 Å². The van der Waals surface area contributed by atoms with Crippen LogP contribution in [-0.2, 0) is 7.05 Å². The number of hydrogen-bond donors (Lipinski definition) is 0. The van der Waals surface area contributed by atoms with Crippen molar-refractivity contribution in [2.45, 2.75) is 6.92 Å². The summed E-state index contributed by atoms with van der Waals surface area (Å²) in [5.41, 5.74) is 11.1. The Morgan fingerprint density at radius 2 is 1.50 bits per heavy atom. The van der Waals surface area contributed by atoms with Gasteiger partial charge in [-0.15, -0.1) is 0 Å². The van der Waals surface area contributed by atoms with Gasteiger partial charge in [0.15, 0.2) is 12.4 Å². The fourth-order valence-corrected chi connectivity index (χ4v) is 1.52. The van der Waals surface area contributed by atoms with Gasteiger partial charge >= 0.3 is 0 Å². The van der Waals surface area contributed by atoms with Gasteiger partial charge in [-0.1, -0.05) is 41.5 Å². The van der Waals surface area contributed by atoms with Crippen LogP contribution in [0.1, 0.15) is 18.1 Å². The van der Waals surface area contributed by atoms with Crippen LogP contribution in [0.25, 0.3) is 22.6 Å². The molecule has 2 rings (SSSR count). The topological polar surface area (TPSA) is 52.6 Å². The molecular formula is C16H18N4. The van der Waals surface area contributed by atoms with Gasteiger partial charge in [-0.05, 0) is 16.7 Å². The Bertz CT molecular complexity index is 591. The number of aryl methyl sites for hydroxylation is 1. The van der Waals surface area contributed by atoms with E-state index in [1.807, 2.05) is 60.4 Å². The average Bonchev–Trinajstić information content (AvgIpc) is 2.50. The Morgan fingerprint density at radius 3 is 2.00 bits per heavy atom. The van der Waals surface area contributed by atoms with E-state index in [0.29, 0.717) is 5.69 Å². The molecule has 20 heavy (non-hydrogen) atoms. The van der Waals surface area contributed by atoms with Crippen molar-refractivity contribution in [1.29, 1.82) is 0 Å². The maximum atomic E-state index is 8.31. The van der Waals surface area contributed by atoms with Gasteiger partial charge in [0.1, 0.15) is 7.05 Å². The van der Waals surface area contributed by atoms with E-state index in [0.717, 1.165) is 11.1 Å². The van der Waals surface area contributed by atoms with Gasteiger partial charge in [-0.2, -0.15) is 6.92 Å². The lowest BCUT2D eigenvalue weighted by Crippen LogP contribution is -2.25. The number of benzene rings is 1. The predicted molar refractivity (Wildman–Crippen MR) is 82.8 cm³/mol. The summed E-state index contributed by atoms with van der Waals surface area (Å²) < 4.78 is 1.99. The number of hydrogen-bond acceptors (Lipinski definition) is 1. The second kappa shape index (κ2) is 8.51. The summed E-state index contributed by atoms with van der Waals surface area (Å²) in [5, 5.41) is 3.53. The van der Waals surface area contributed by atoms with Crippen LogP contribution >= 0.6 is 0 Å². The average molecular weight is 266 g/mol. The van der Waals surface area contributed by atoms with E-state index in [1.54, 1.807) is 19.1 Å². The minimum absolute atomic E-state index is 0.626. The molecule has 4 nitrogen and oxygen atoms in total. The fraction of sp³-hybridized carbons (Fsp3) is 0.125. The molecule has 0 aliphatic carbocycles. The first-order valence-corrected chi connectivity index (χ1v) is 6.27. The number of aromatic nitrogens is 1. The van der Waals surface area contributed by atoms with Crippen molar-refractivity contribution in [3.63, 3.8) is 0 Å². The molecule has 0 unspecified atom stereocenters. The van der Waals surface area contributed by atoms with Gasteiger partial charge < -0.3 is 6.92 Å². The van der Waals surface area contributed by atoms with E-state index in [2.05, 4.69) is 16.9 Å². The highest BCUT2D eigenvalue weighted by Gasteiger charge is 1.92. The zero-order valence-electron chi connectivity index (χ0n) is 11.8. The molecule has 0 aliphatic rings. The molecule has 4 heteroatoms. The number of pyridine rings is 1. The number of nitrogens with zero attached hydrogens (tertiary/aromatic N) is 4. The predicted octanol–water partition coefficient (Wildman–Crippen LogP) is 4.46. The molecule has 0 saturated heterocycles. The normalized spacial score (nSPS) is 9.55. The molecule has 2 aromatic rings. The maximum absolute atomic E-state index is 8.31. The summed E-state index contributed by atoms with van der Waals surface area (Å²) in [7, 11) is 1.99. The smallest absolute Gasteiger partial charge is 0.169 e. The minimum atomic E-state index is 0.626. The lowest BCUT2D eigenvalue weighted by Gasteiger charge is -1.95. The molecule has 0 spiro atoms. The van der Waals surface area contributed by atoms with Crippen LogP contribution in [0, 0.1) is 6.92 Å².